The molecule has 0 radical (unpaired) electrons. The molecule has 0 bridgehead atoms. The Labute approximate surface area is 191 Å². The average Bonchev–Trinajstić information content (AvgIpc) is 2.70. The van der Waals surface area contributed by atoms with Crippen LogP contribution in [0.25, 0.3) is 0 Å². The van der Waals surface area contributed by atoms with Gasteiger partial charge in [-0.25, -0.2) is 0 Å². The summed E-state index contributed by atoms with van der Waals surface area (Å²) in [5.41, 5.74) is 8.55. The summed E-state index contributed by atoms with van der Waals surface area (Å²) in [6.45, 7) is 4.79. The molecule has 1 fully saturated rings. The van der Waals surface area contributed by atoms with E-state index in [1.165, 1.54) is 5.56 Å². The second-order valence-corrected chi connectivity index (χ2v) is 7.85. The van der Waals surface area contributed by atoms with E-state index in [4.69, 9.17) is 17.3 Å². The second-order valence-electron chi connectivity index (χ2n) is 7.41. The molecule has 2 unspecified atom stereocenters. The lowest BCUT2D eigenvalue weighted by molar-refractivity contribution is -0.126. The van der Waals surface area contributed by atoms with E-state index in [1.807, 2.05) is 49.4 Å². The normalized spacial score (nSPS) is 16.8. The molecular formula is C22H30Cl3N3O. The predicted octanol–water partition coefficient (Wildman–Crippen LogP) is 4.60. The van der Waals surface area contributed by atoms with E-state index in [9.17, 15) is 4.79 Å². The van der Waals surface area contributed by atoms with Crippen molar-refractivity contribution in [2.45, 2.75) is 38.4 Å². The van der Waals surface area contributed by atoms with E-state index in [2.05, 4.69) is 22.3 Å². The Morgan fingerprint density at radius 1 is 1.10 bits per heavy atom. The van der Waals surface area contributed by atoms with Crippen molar-refractivity contribution in [2.75, 3.05) is 13.1 Å². The van der Waals surface area contributed by atoms with Crippen molar-refractivity contribution in [3.05, 3.63) is 70.7 Å². The van der Waals surface area contributed by atoms with Crippen LogP contribution >= 0.6 is 36.4 Å². The molecule has 2 aromatic carbocycles. The third kappa shape index (κ3) is 7.47. The number of piperidine rings is 1. The molecule has 1 aliphatic rings. The fourth-order valence-corrected chi connectivity index (χ4v) is 3.67. The lowest BCUT2D eigenvalue weighted by atomic mass is 9.94. The Hall–Kier alpha value is -1.30. The molecule has 1 heterocycles. The molecule has 0 spiro atoms. The van der Waals surface area contributed by atoms with Gasteiger partial charge in [0.05, 0.1) is 5.92 Å². The van der Waals surface area contributed by atoms with Crippen LogP contribution in [0.5, 0.6) is 0 Å². The summed E-state index contributed by atoms with van der Waals surface area (Å²) in [6, 6.07) is 17.8. The molecule has 2 atom stereocenters. The number of likely N-dealkylation sites (tertiary alicyclic amines) is 1. The number of nitrogens with zero attached hydrogens (tertiary/aromatic N) is 1. The van der Waals surface area contributed by atoms with Gasteiger partial charge in [0, 0.05) is 36.7 Å². The lowest BCUT2D eigenvalue weighted by Crippen LogP contribution is -2.47. The zero-order valence-electron chi connectivity index (χ0n) is 16.6. The summed E-state index contributed by atoms with van der Waals surface area (Å²) in [6.07, 6.45) is 1.93. The number of amides is 1. The average molecular weight is 459 g/mol. The highest BCUT2D eigenvalue weighted by molar-refractivity contribution is 6.30. The lowest BCUT2D eigenvalue weighted by Gasteiger charge is -2.33. The Morgan fingerprint density at radius 3 is 2.28 bits per heavy atom. The summed E-state index contributed by atoms with van der Waals surface area (Å²) >= 11 is 5.95. The summed E-state index contributed by atoms with van der Waals surface area (Å²) < 4.78 is 0. The van der Waals surface area contributed by atoms with Crippen LogP contribution in [0.4, 0.5) is 0 Å². The maximum atomic E-state index is 12.6. The smallest absolute Gasteiger partial charge is 0.224 e. The van der Waals surface area contributed by atoms with Crippen LogP contribution in [0, 0.1) is 5.92 Å². The topological polar surface area (TPSA) is 58.4 Å². The highest BCUT2D eigenvalue weighted by Crippen LogP contribution is 2.21. The number of hydrogen-bond acceptors (Lipinski definition) is 3. The quantitative estimate of drug-likeness (QED) is 0.665. The van der Waals surface area contributed by atoms with Crippen LogP contribution in [0.3, 0.4) is 0 Å². The third-order valence-electron chi connectivity index (χ3n) is 5.39. The van der Waals surface area contributed by atoms with Crippen LogP contribution in [-0.2, 0) is 11.3 Å². The van der Waals surface area contributed by atoms with Crippen molar-refractivity contribution in [1.29, 1.82) is 0 Å². The molecule has 3 N–H and O–H groups in total. The van der Waals surface area contributed by atoms with Crippen LogP contribution in [0.2, 0.25) is 5.02 Å². The van der Waals surface area contributed by atoms with Crippen molar-refractivity contribution in [1.82, 2.24) is 10.2 Å². The summed E-state index contributed by atoms with van der Waals surface area (Å²) in [5, 5.41) is 3.96. The first-order chi connectivity index (χ1) is 13.0. The minimum Gasteiger partial charge on any atom is -0.353 e. The minimum absolute atomic E-state index is 0. The van der Waals surface area contributed by atoms with Gasteiger partial charge in [0.25, 0.3) is 0 Å². The third-order valence-corrected chi connectivity index (χ3v) is 5.64. The van der Waals surface area contributed by atoms with Gasteiger partial charge in [0.2, 0.25) is 5.91 Å². The molecule has 0 saturated carbocycles. The zero-order chi connectivity index (χ0) is 19.2. The summed E-state index contributed by atoms with van der Waals surface area (Å²) in [7, 11) is 0. The van der Waals surface area contributed by atoms with Gasteiger partial charge in [0.15, 0.2) is 0 Å². The van der Waals surface area contributed by atoms with E-state index >= 15 is 0 Å². The number of nitrogens with one attached hydrogen (secondary N) is 1. The summed E-state index contributed by atoms with van der Waals surface area (Å²) in [5.74, 6) is -0.206. The molecule has 0 aromatic heterocycles. The fraction of sp³-hybridized carbons (Fsp3) is 0.409. The molecule has 160 valence electrons. The van der Waals surface area contributed by atoms with Gasteiger partial charge in [-0.2, -0.15) is 0 Å². The Morgan fingerprint density at radius 2 is 1.69 bits per heavy atom. The summed E-state index contributed by atoms with van der Waals surface area (Å²) in [4.78, 5) is 15.0. The van der Waals surface area contributed by atoms with E-state index < -0.39 is 0 Å². The van der Waals surface area contributed by atoms with E-state index in [0.717, 1.165) is 43.1 Å². The van der Waals surface area contributed by atoms with Crippen molar-refractivity contribution in [3.63, 3.8) is 0 Å². The van der Waals surface area contributed by atoms with Gasteiger partial charge in [-0.05, 0) is 36.1 Å². The number of halogens is 3. The number of benzene rings is 2. The number of carbonyl (C=O) groups excluding carboxylic acids is 1. The standard InChI is InChI=1S/C22H28ClN3O.2ClH/c1-16(21(24)18-5-3-2-4-6-18)22(27)25-20-11-13-26(14-12-20)15-17-7-9-19(23)10-8-17;;/h2-10,16,20-21H,11-15,24H2,1H3,(H,25,27);2*1H. The molecule has 1 amide bonds. The van der Waals surface area contributed by atoms with E-state index in [-0.39, 0.29) is 48.7 Å². The maximum Gasteiger partial charge on any atom is 0.224 e. The van der Waals surface area contributed by atoms with Gasteiger partial charge in [-0.15, -0.1) is 24.8 Å². The minimum atomic E-state index is -0.281. The maximum absolute atomic E-state index is 12.6. The molecule has 0 aliphatic carbocycles. The first-order valence-corrected chi connectivity index (χ1v) is 9.98. The molecular weight excluding hydrogens is 429 g/mol. The number of carbonyl (C=O) groups is 1. The molecule has 2 aromatic rings. The van der Waals surface area contributed by atoms with Crippen LogP contribution in [0.1, 0.15) is 36.9 Å². The van der Waals surface area contributed by atoms with Crippen molar-refractivity contribution in [2.24, 2.45) is 11.7 Å². The van der Waals surface area contributed by atoms with E-state index in [0.29, 0.717) is 0 Å². The molecule has 1 saturated heterocycles. The SMILES string of the molecule is CC(C(=O)NC1CCN(Cc2ccc(Cl)cc2)CC1)C(N)c1ccccc1.Cl.Cl. The molecule has 4 nitrogen and oxygen atoms in total. The molecule has 1 aliphatic heterocycles. The molecule has 3 rings (SSSR count). The fourth-order valence-electron chi connectivity index (χ4n) is 3.54. The first-order valence-electron chi connectivity index (χ1n) is 9.60. The Kier molecular flexibility index (Phi) is 11.0. The van der Waals surface area contributed by atoms with Crippen LogP contribution < -0.4 is 11.1 Å². The highest BCUT2D eigenvalue weighted by Gasteiger charge is 2.26. The van der Waals surface area contributed by atoms with Crippen molar-refractivity contribution in [3.8, 4) is 0 Å². The van der Waals surface area contributed by atoms with Gasteiger partial charge in [0.1, 0.15) is 0 Å². The first kappa shape index (κ1) is 25.7. The zero-order valence-corrected chi connectivity index (χ0v) is 19.0. The van der Waals surface area contributed by atoms with Crippen molar-refractivity contribution < 1.29 is 4.79 Å². The number of rotatable bonds is 6. The Balaban J connectivity index is 0.00000210. The van der Waals surface area contributed by atoms with Gasteiger partial charge < -0.3 is 11.1 Å². The van der Waals surface area contributed by atoms with Gasteiger partial charge in [-0.1, -0.05) is 61.0 Å². The predicted molar refractivity (Wildman–Crippen MR) is 125 cm³/mol. The van der Waals surface area contributed by atoms with Gasteiger partial charge in [-0.3, -0.25) is 9.69 Å². The number of nitrogens with two attached hydrogens (primary N) is 1. The highest BCUT2D eigenvalue weighted by atomic mass is 35.5. The van der Waals surface area contributed by atoms with E-state index in [1.54, 1.807) is 0 Å². The number of hydrogen-bond donors (Lipinski definition) is 2. The van der Waals surface area contributed by atoms with Gasteiger partial charge >= 0.3 is 0 Å². The largest absolute Gasteiger partial charge is 0.353 e. The van der Waals surface area contributed by atoms with Crippen molar-refractivity contribution >= 4 is 42.3 Å². The van der Waals surface area contributed by atoms with Crippen LogP contribution in [-0.4, -0.2) is 29.9 Å². The Bertz CT molecular complexity index is 735. The van der Waals surface area contributed by atoms with Crippen LogP contribution in [0.15, 0.2) is 54.6 Å². The molecule has 7 heteroatoms. The monoisotopic (exact) mass is 457 g/mol. The second kappa shape index (κ2) is 12.4. The molecule has 29 heavy (non-hydrogen) atoms.